The first kappa shape index (κ1) is 19.0. The van der Waals surface area contributed by atoms with Gasteiger partial charge in [0.15, 0.2) is 10.9 Å². The van der Waals surface area contributed by atoms with Crippen LogP contribution in [0.5, 0.6) is 0 Å². The van der Waals surface area contributed by atoms with Gasteiger partial charge in [0.1, 0.15) is 0 Å². The molecule has 0 atom stereocenters. The van der Waals surface area contributed by atoms with Gasteiger partial charge in [0.05, 0.1) is 6.20 Å². The molecular formula is C22H21N5OS. The zero-order valence-electron chi connectivity index (χ0n) is 16.4. The fourth-order valence-electron chi connectivity index (χ4n) is 3.16. The summed E-state index contributed by atoms with van der Waals surface area (Å²) in [7, 11) is 0. The zero-order valence-corrected chi connectivity index (χ0v) is 17.2. The van der Waals surface area contributed by atoms with Crippen LogP contribution in [0.2, 0.25) is 0 Å². The molecule has 7 heteroatoms. The summed E-state index contributed by atoms with van der Waals surface area (Å²) in [5.74, 6) is 0.605. The Bertz CT molecular complexity index is 1170. The molecule has 0 aliphatic heterocycles. The number of nitrogens with one attached hydrogen (secondary N) is 2. The molecule has 0 aliphatic carbocycles. The Morgan fingerprint density at radius 2 is 2.00 bits per heavy atom. The minimum absolute atomic E-state index is 0.170. The van der Waals surface area contributed by atoms with E-state index in [-0.39, 0.29) is 11.9 Å². The number of aryl methyl sites for hydroxylation is 1. The molecule has 0 spiro atoms. The second-order valence-corrected chi connectivity index (χ2v) is 8.01. The van der Waals surface area contributed by atoms with Crippen LogP contribution in [0.15, 0.2) is 54.2 Å². The van der Waals surface area contributed by atoms with Crippen molar-refractivity contribution >= 4 is 39.0 Å². The highest BCUT2D eigenvalue weighted by molar-refractivity contribution is 7.13. The van der Waals surface area contributed by atoms with Gasteiger partial charge in [-0.3, -0.25) is 10.1 Å². The standard InChI is InChI=1S/C22H21N5OS/c1-13(2)25-20-18-7-6-15(10-17(18)12-24-27-20)19-11-16(5-4-14(19)3)21(28)26-22-23-8-9-29-22/h4-13H,1-3H3,(H,25,27)(H,23,26,28). The molecule has 2 heterocycles. The van der Waals surface area contributed by atoms with Gasteiger partial charge in [-0.15, -0.1) is 16.4 Å². The zero-order chi connectivity index (χ0) is 20.4. The molecule has 0 saturated carbocycles. The summed E-state index contributed by atoms with van der Waals surface area (Å²) in [6.07, 6.45) is 3.43. The average Bonchev–Trinajstić information content (AvgIpc) is 3.20. The van der Waals surface area contributed by atoms with Gasteiger partial charge in [0, 0.05) is 34.0 Å². The normalized spacial score (nSPS) is 11.0. The number of rotatable bonds is 5. The molecule has 1 amide bonds. The van der Waals surface area contributed by atoms with Gasteiger partial charge in [-0.2, -0.15) is 5.10 Å². The molecule has 2 aromatic carbocycles. The van der Waals surface area contributed by atoms with Crippen LogP contribution in [-0.4, -0.2) is 27.1 Å². The van der Waals surface area contributed by atoms with Crippen LogP contribution in [0.25, 0.3) is 21.9 Å². The van der Waals surface area contributed by atoms with Gasteiger partial charge in [0.2, 0.25) is 0 Å². The number of aromatic nitrogens is 3. The molecule has 0 aliphatic rings. The van der Waals surface area contributed by atoms with Crippen molar-refractivity contribution in [1.29, 1.82) is 0 Å². The van der Waals surface area contributed by atoms with Crippen molar-refractivity contribution in [3.63, 3.8) is 0 Å². The van der Waals surface area contributed by atoms with Crippen molar-refractivity contribution in [3.8, 4) is 11.1 Å². The van der Waals surface area contributed by atoms with Crippen LogP contribution in [0, 0.1) is 6.92 Å². The van der Waals surface area contributed by atoms with Gasteiger partial charge in [-0.1, -0.05) is 12.1 Å². The number of anilines is 2. The van der Waals surface area contributed by atoms with Crippen molar-refractivity contribution in [2.45, 2.75) is 26.8 Å². The molecule has 2 N–H and O–H groups in total. The van der Waals surface area contributed by atoms with Gasteiger partial charge in [-0.05, 0) is 61.7 Å². The van der Waals surface area contributed by atoms with Gasteiger partial charge in [0.25, 0.3) is 5.91 Å². The van der Waals surface area contributed by atoms with Crippen molar-refractivity contribution in [2.75, 3.05) is 10.6 Å². The maximum atomic E-state index is 12.6. The first-order valence-corrected chi connectivity index (χ1v) is 10.2. The maximum absolute atomic E-state index is 12.6. The fourth-order valence-corrected chi connectivity index (χ4v) is 3.69. The van der Waals surface area contributed by atoms with Crippen LogP contribution >= 0.6 is 11.3 Å². The van der Waals surface area contributed by atoms with Crippen LogP contribution in [0.1, 0.15) is 29.8 Å². The molecule has 0 radical (unpaired) electrons. The number of hydrogen-bond acceptors (Lipinski definition) is 6. The summed E-state index contributed by atoms with van der Waals surface area (Å²) >= 11 is 1.39. The largest absolute Gasteiger partial charge is 0.366 e. The minimum Gasteiger partial charge on any atom is -0.366 e. The molecule has 2 aromatic heterocycles. The van der Waals surface area contributed by atoms with Crippen molar-refractivity contribution in [3.05, 3.63) is 65.3 Å². The number of thiazole rings is 1. The fraction of sp³-hybridized carbons (Fsp3) is 0.182. The number of nitrogens with zero attached hydrogens (tertiary/aromatic N) is 3. The lowest BCUT2D eigenvalue weighted by atomic mass is 9.96. The van der Waals surface area contributed by atoms with E-state index in [1.807, 2.05) is 36.6 Å². The molecule has 146 valence electrons. The lowest BCUT2D eigenvalue weighted by Gasteiger charge is -2.13. The average molecular weight is 404 g/mol. The minimum atomic E-state index is -0.170. The third kappa shape index (κ3) is 4.09. The lowest BCUT2D eigenvalue weighted by molar-refractivity contribution is 0.102. The highest BCUT2D eigenvalue weighted by Gasteiger charge is 2.12. The lowest BCUT2D eigenvalue weighted by Crippen LogP contribution is -2.12. The van der Waals surface area contributed by atoms with E-state index in [9.17, 15) is 4.79 Å². The van der Waals surface area contributed by atoms with E-state index in [1.165, 1.54) is 11.3 Å². The predicted molar refractivity (Wildman–Crippen MR) is 119 cm³/mol. The Balaban J connectivity index is 1.70. The molecule has 0 saturated heterocycles. The van der Waals surface area contributed by atoms with E-state index in [4.69, 9.17) is 0 Å². The summed E-state index contributed by atoms with van der Waals surface area (Å²) < 4.78 is 0. The van der Waals surface area contributed by atoms with Crippen molar-refractivity contribution in [1.82, 2.24) is 15.2 Å². The second-order valence-electron chi connectivity index (χ2n) is 7.12. The Morgan fingerprint density at radius 1 is 1.14 bits per heavy atom. The Morgan fingerprint density at radius 3 is 2.76 bits per heavy atom. The number of hydrogen-bond donors (Lipinski definition) is 2. The Labute approximate surface area is 173 Å². The summed E-state index contributed by atoms with van der Waals surface area (Å²) in [5.41, 5.74) is 3.73. The van der Waals surface area contributed by atoms with E-state index in [0.29, 0.717) is 10.7 Å². The van der Waals surface area contributed by atoms with Crippen molar-refractivity contribution in [2.24, 2.45) is 0 Å². The predicted octanol–water partition coefficient (Wildman–Crippen LogP) is 5.13. The van der Waals surface area contributed by atoms with Crippen LogP contribution in [0.4, 0.5) is 10.9 Å². The van der Waals surface area contributed by atoms with Crippen LogP contribution < -0.4 is 10.6 Å². The van der Waals surface area contributed by atoms with E-state index in [1.54, 1.807) is 12.4 Å². The number of carbonyl (C=O) groups excluding carboxylic acids is 1. The summed E-state index contributed by atoms with van der Waals surface area (Å²) in [6, 6.07) is 12.2. The van der Waals surface area contributed by atoms with Gasteiger partial charge >= 0.3 is 0 Å². The Hall–Kier alpha value is -3.32. The number of benzene rings is 2. The first-order valence-electron chi connectivity index (χ1n) is 9.35. The molecule has 4 rings (SSSR count). The molecule has 0 unspecified atom stereocenters. The molecule has 0 bridgehead atoms. The SMILES string of the molecule is Cc1ccc(C(=O)Nc2nccs2)cc1-c1ccc2c(NC(C)C)nncc2c1. The van der Waals surface area contributed by atoms with E-state index >= 15 is 0 Å². The van der Waals surface area contributed by atoms with Crippen molar-refractivity contribution < 1.29 is 4.79 Å². The molecular weight excluding hydrogens is 382 g/mol. The first-order chi connectivity index (χ1) is 14.0. The van der Waals surface area contributed by atoms with E-state index < -0.39 is 0 Å². The third-order valence-electron chi connectivity index (χ3n) is 4.55. The topological polar surface area (TPSA) is 79.8 Å². The van der Waals surface area contributed by atoms with E-state index in [0.717, 1.165) is 33.3 Å². The molecule has 0 fully saturated rings. The second kappa shape index (κ2) is 7.97. The monoisotopic (exact) mass is 403 g/mol. The van der Waals surface area contributed by atoms with Crippen LogP contribution in [-0.2, 0) is 0 Å². The molecule has 6 nitrogen and oxygen atoms in total. The summed E-state index contributed by atoms with van der Waals surface area (Å²) in [4.78, 5) is 16.7. The Kier molecular flexibility index (Phi) is 5.22. The van der Waals surface area contributed by atoms with E-state index in [2.05, 4.69) is 51.8 Å². The molecule has 29 heavy (non-hydrogen) atoms. The maximum Gasteiger partial charge on any atom is 0.257 e. The number of carbonyl (C=O) groups is 1. The van der Waals surface area contributed by atoms with Gasteiger partial charge in [-0.25, -0.2) is 4.98 Å². The highest BCUT2D eigenvalue weighted by Crippen LogP contribution is 2.30. The number of fused-ring (bicyclic) bond motifs is 1. The third-order valence-corrected chi connectivity index (χ3v) is 5.24. The van der Waals surface area contributed by atoms with Gasteiger partial charge < -0.3 is 5.32 Å². The summed E-state index contributed by atoms with van der Waals surface area (Å²) in [5, 5.41) is 19.0. The smallest absolute Gasteiger partial charge is 0.257 e. The summed E-state index contributed by atoms with van der Waals surface area (Å²) in [6.45, 7) is 6.18. The number of amides is 1. The molecule has 4 aromatic rings. The van der Waals surface area contributed by atoms with Crippen LogP contribution in [0.3, 0.4) is 0 Å². The quantitative estimate of drug-likeness (QED) is 0.483. The highest BCUT2D eigenvalue weighted by atomic mass is 32.1.